The van der Waals surface area contributed by atoms with Crippen LogP contribution in [0, 0.1) is 0 Å². The second kappa shape index (κ2) is 7.48. The Balaban J connectivity index is 1.58. The number of fused-ring (bicyclic) bond motifs is 2. The molecule has 7 heteroatoms. The normalized spacial score (nSPS) is 15.0. The van der Waals surface area contributed by atoms with Crippen molar-refractivity contribution in [3.05, 3.63) is 65.7 Å². The third-order valence-corrected chi connectivity index (χ3v) is 6.39. The van der Waals surface area contributed by atoms with Crippen molar-refractivity contribution in [1.82, 2.24) is 5.16 Å². The lowest BCUT2D eigenvalue weighted by molar-refractivity contribution is -0.119. The van der Waals surface area contributed by atoms with Crippen molar-refractivity contribution < 1.29 is 18.8 Å². The summed E-state index contributed by atoms with van der Waals surface area (Å²) in [5.74, 6) is 1.50. The van der Waals surface area contributed by atoms with E-state index in [1.54, 1.807) is 7.11 Å². The summed E-state index contributed by atoms with van der Waals surface area (Å²) in [6.45, 7) is 1.22. The fraction of sp³-hybridized carbons (Fsp3) is 0.192. The number of carbonyl (C=O) groups excluding carboxylic acids is 2. The molecule has 1 aliphatic carbocycles. The van der Waals surface area contributed by atoms with E-state index in [0.717, 1.165) is 16.9 Å². The van der Waals surface area contributed by atoms with Gasteiger partial charge in [0.2, 0.25) is 0 Å². The molecule has 164 valence electrons. The standard InChI is InChI=1S/C26H21N3O4/c1-32-17-6-4-5-15(13-17)27-20-14-21(29-11-9-16(30)10-12-29)24-23-22(20)25(31)18-7-2-3-8-19(18)26(23)33-28-24/h2-8,13-14,27H,9-12H2,1H3. The molecule has 1 aromatic heterocycles. The molecule has 0 spiro atoms. The van der Waals surface area contributed by atoms with Crippen LogP contribution in [0.3, 0.4) is 0 Å². The first-order valence-corrected chi connectivity index (χ1v) is 10.9. The minimum Gasteiger partial charge on any atom is -0.497 e. The van der Waals surface area contributed by atoms with E-state index in [4.69, 9.17) is 9.26 Å². The van der Waals surface area contributed by atoms with E-state index in [1.807, 2.05) is 54.6 Å². The zero-order valence-corrected chi connectivity index (χ0v) is 18.1. The van der Waals surface area contributed by atoms with Gasteiger partial charge in [-0.2, -0.15) is 0 Å². The molecule has 0 radical (unpaired) electrons. The maximum absolute atomic E-state index is 13.7. The summed E-state index contributed by atoms with van der Waals surface area (Å²) in [5.41, 5.74) is 4.85. The van der Waals surface area contributed by atoms with E-state index in [9.17, 15) is 9.59 Å². The van der Waals surface area contributed by atoms with E-state index in [-0.39, 0.29) is 11.6 Å². The van der Waals surface area contributed by atoms with Crippen molar-refractivity contribution in [1.29, 1.82) is 0 Å². The summed E-state index contributed by atoms with van der Waals surface area (Å²) < 4.78 is 11.2. The number of benzene rings is 3. The Morgan fingerprint density at radius 3 is 2.58 bits per heavy atom. The van der Waals surface area contributed by atoms with Gasteiger partial charge in [0.15, 0.2) is 11.5 Å². The smallest absolute Gasteiger partial charge is 0.196 e. The number of anilines is 3. The van der Waals surface area contributed by atoms with Crippen LogP contribution in [0.1, 0.15) is 28.8 Å². The Bertz CT molecular complexity index is 1430. The van der Waals surface area contributed by atoms with E-state index in [1.165, 1.54) is 0 Å². The van der Waals surface area contributed by atoms with Crippen molar-refractivity contribution >= 4 is 39.5 Å². The van der Waals surface area contributed by atoms with Gasteiger partial charge in [-0.05, 0) is 18.2 Å². The number of hydrogen-bond donors (Lipinski definition) is 1. The molecule has 4 aromatic rings. The van der Waals surface area contributed by atoms with Crippen LogP contribution in [0.4, 0.5) is 17.1 Å². The number of ether oxygens (including phenoxy) is 1. The van der Waals surface area contributed by atoms with E-state index in [0.29, 0.717) is 65.2 Å². The summed E-state index contributed by atoms with van der Waals surface area (Å²) in [4.78, 5) is 27.6. The number of piperidine rings is 1. The Morgan fingerprint density at radius 1 is 1.00 bits per heavy atom. The molecule has 0 bridgehead atoms. The van der Waals surface area contributed by atoms with Gasteiger partial charge in [-0.25, -0.2) is 0 Å². The molecule has 1 N–H and O–H groups in total. The second-order valence-corrected chi connectivity index (χ2v) is 8.31. The predicted molar refractivity (Wildman–Crippen MR) is 126 cm³/mol. The van der Waals surface area contributed by atoms with E-state index in [2.05, 4.69) is 15.4 Å². The Hall–Kier alpha value is -4.13. The van der Waals surface area contributed by atoms with Gasteiger partial charge in [-0.15, -0.1) is 0 Å². The summed E-state index contributed by atoms with van der Waals surface area (Å²) in [5, 5.41) is 8.53. The number of Topliss-reactive ketones (excluding diaryl/α,β-unsaturated/α-hetero) is 1. The van der Waals surface area contributed by atoms with Gasteiger partial charge in [-0.1, -0.05) is 35.5 Å². The van der Waals surface area contributed by atoms with Gasteiger partial charge in [-0.3, -0.25) is 9.59 Å². The van der Waals surface area contributed by atoms with E-state index < -0.39 is 0 Å². The van der Waals surface area contributed by atoms with Crippen molar-refractivity contribution in [3.8, 4) is 17.1 Å². The minimum absolute atomic E-state index is 0.0722. The fourth-order valence-electron chi connectivity index (χ4n) is 4.74. The molecule has 33 heavy (non-hydrogen) atoms. The number of nitrogens with zero attached hydrogens (tertiary/aromatic N) is 2. The first-order chi connectivity index (χ1) is 16.1. The maximum Gasteiger partial charge on any atom is 0.196 e. The highest BCUT2D eigenvalue weighted by Gasteiger charge is 2.34. The molecular formula is C26H21N3O4. The van der Waals surface area contributed by atoms with Crippen LogP contribution < -0.4 is 15.0 Å². The maximum atomic E-state index is 13.7. The summed E-state index contributed by atoms with van der Waals surface area (Å²) in [6, 6.07) is 17.0. The largest absolute Gasteiger partial charge is 0.497 e. The predicted octanol–water partition coefficient (Wildman–Crippen LogP) is 4.96. The number of hydrogen-bond acceptors (Lipinski definition) is 7. The summed E-state index contributed by atoms with van der Waals surface area (Å²) >= 11 is 0. The lowest BCUT2D eigenvalue weighted by Crippen LogP contribution is -2.34. The van der Waals surface area contributed by atoms with Crippen LogP contribution in [0.2, 0.25) is 0 Å². The number of nitrogens with one attached hydrogen (secondary N) is 1. The lowest BCUT2D eigenvalue weighted by atomic mass is 9.86. The van der Waals surface area contributed by atoms with Crippen LogP contribution in [-0.2, 0) is 4.79 Å². The van der Waals surface area contributed by atoms with Crippen molar-refractivity contribution in [2.45, 2.75) is 12.8 Å². The number of methoxy groups -OCH3 is 1. The quantitative estimate of drug-likeness (QED) is 0.424. The van der Waals surface area contributed by atoms with Gasteiger partial charge in [0.25, 0.3) is 0 Å². The first-order valence-electron chi connectivity index (χ1n) is 10.9. The second-order valence-electron chi connectivity index (χ2n) is 8.31. The highest BCUT2D eigenvalue weighted by molar-refractivity contribution is 6.28. The van der Waals surface area contributed by atoms with Crippen LogP contribution in [0.25, 0.3) is 22.2 Å². The molecule has 6 rings (SSSR count). The first kappa shape index (κ1) is 19.5. The average molecular weight is 439 g/mol. The third-order valence-electron chi connectivity index (χ3n) is 6.39. The molecule has 1 saturated heterocycles. The molecule has 1 aliphatic heterocycles. The van der Waals surface area contributed by atoms with Crippen molar-refractivity contribution in [2.75, 3.05) is 30.4 Å². The number of ketones is 2. The van der Waals surface area contributed by atoms with Crippen molar-refractivity contribution in [3.63, 3.8) is 0 Å². The molecule has 0 unspecified atom stereocenters. The zero-order valence-electron chi connectivity index (χ0n) is 18.1. The topological polar surface area (TPSA) is 84.7 Å². The molecule has 0 atom stereocenters. The zero-order chi connectivity index (χ0) is 22.5. The van der Waals surface area contributed by atoms with Crippen LogP contribution in [0.5, 0.6) is 5.75 Å². The number of carbonyl (C=O) groups is 2. The Kier molecular flexibility index (Phi) is 4.43. The highest BCUT2D eigenvalue weighted by Crippen LogP contribution is 2.46. The van der Waals surface area contributed by atoms with Crippen molar-refractivity contribution in [2.24, 2.45) is 0 Å². The van der Waals surface area contributed by atoms with E-state index >= 15 is 0 Å². The molecular weight excluding hydrogens is 418 g/mol. The van der Waals surface area contributed by atoms with Gasteiger partial charge in [0, 0.05) is 48.8 Å². The van der Waals surface area contributed by atoms with Gasteiger partial charge < -0.3 is 19.5 Å². The monoisotopic (exact) mass is 439 g/mol. The molecule has 3 aromatic carbocycles. The number of aromatic nitrogens is 1. The average Bonchev–Trinajstić information content (AvgIpc) is 3.29. The fourth-order valence-corrected chi connectivity index (χ4v) is 4.74. The summed E-state index contributed by atoms with van der Waals surface area (Å²) in [7, 11) is 1.62. The van der Waals surface area contributed by atoms with Crippen LogP contribution in [0.15, 0.2) is 59.1 Å². The molecule has 1 fully saturated rings. The lowest BCUT2D eigenvalue weighted by Gasteiger charge is -2.29. The van der Waals surface area contributed by atoms with Crippen LogP contribution >= 0.6 is 0 Å². The molecule has 0 amide bonds. The number of rotatable bonds is 4. The van der Waals surface area contributed by atoms with Crippen LogP contribution in [-0.4, -0.2) is 36.9 Å². The van der Waals surface area contributed by atoms with Gasteiger partial charge in [0.1, 0.15) is 17.0 Å². The third kappa shape index (κ3) is 3.08. The SMILES string of the molecule is COc1cccc(Nc2cc(N3CCC(=O)CC3)c3noc4c3c2C(=O)c2ccccc2-4)c1. The highest BCUT2D eigenvalue weighted by atomic mass is 16.5. The molecule has 0 saturated carbocycles. The van der Waals surface area contributed by atoms with Gasteiger partial charge >= 0.3 is 0 Å². The summed E-state index contributed by atoms with van der Waals surface area (Å²) in [6.07, 6.45) is 0.989. The minimum atomic E-state index is -0.0722. The molecule has 2 aliphatic rings. The Morgan fingerprint density at radius 2 is 1.79 bits per heavy atom. The Labute approximate surface area is 189 Å². The van der Waals surface area contributed by atoms with Gasteiger partial charge in [0.05, 0.1) is 29.4 Å². The molecule has 2 heterocycles. The molecule has 7 nitrogen and oxygen atoms in total.